The lowest BCUT2D eigenvalue weighted by Gasteiger charge is -2.09. The number of amides is 1. The van der Waals surface area contributed by atoms with Gasteiger partial charge in [0.15, 0.2) is 0 Å². The maximum atomic E-state index is 11.4. The van der Waals surface area contributed by atoms with Crippen molar-refractivity contribution in [1.29, 1.82) is 5.26 Å². The van der Waals surface area contributed by atoms with Gasteiger partial charge in [0.25, 0.3) is 0 Å². The van der Waals surface area contributed by atoms with Gasteiger partial charge in [0, 0.05) is 24.6 Å². The lowest BCUT2D eigenvalue weighted by molar-refractivity contribution is -0.122. The van der Waals surface area contributed by atoms with Crippen LogP contribution < -0.4 is 10.6 Å². The zero-order valence-electron chi connectivity index (χ0n) is 8.08. The first-order valence-electron chi connectivity index (χ1n) is 4.80. The molecule has 78 valence electrons. The fourth-order valence-electron chi connectivity index (χ4n) is 1.23. The van der Waals surface area contributed by atoms with E-state index in [0.717, 1.165) is 24.5 Å². The molecule has 0 aromatic carbocycles. The van der Waals surface area contributed by atoms with E-state index in [1.54, 1.807) is 11.8 Å². The Bertz CT molecular complexity index is 221. The summed E-state index contributed by atoms with van der Waals surface area (Å²) < 4.78 is 0. The van der Waals surface area contributed by atoms with Gasteiger partial charge in [-0.3, -0.25) is 10.1 Å². The molecule has 0 bridgehead atoms. The Morgan fingerprint density at radius 3 is 3.14 bits per heavy atom. The van der Waals surface area contributed by atoms with E-state index in [2.05, 4.69) is 16.7 Å². The Labute approximate surface area is 88.4 Å². The van der Waals surface area contributed by atoms with Gasteiger partial charge in [-0.15, -0.1) is 11.8 Å². The molecule has 1 atom stereocenters. The molecule has 2 N–H and O–H groups in total. The van der Waals surface area contributed by atoms with Gasteiger partial charge in [-0.25, -0.2) is 0 Å². The van der Waals surface area contributed by atoms with Crippen LogP contribution in [-0.4, -0.2) is 30.1 Å². The molecule has 1 heterocycles. The smallest absolute Gasteiger partial charge is 0.238 e. The number of unbranched alkanes of at least 4 members (excludes halogenated alkanes) is 2. The number of nitrogens with one attached hydrogen (secondary N) is 2. The van der Waals surface area contributed by atoms with Gasteiger partial charge in [0.2, 0.25) is 5.91 Å². The molecule has 1 amide bonds. The third kappa shape index (κ3) is 3.99. The molecule has 0 spiro atoms. The average molecular weight is 213 g/mol. The Kier molecular flexibility index (Phi) is 5.42. The summed E-state index contributed by atoms with van der Waals surface area (Å²) in [5, 5.41) is 14.3. The van der Waals surface area contributed by atoms with Crippen molar-refractivity contribution in [2.24, 2.45) is 0 Å². The second-order valence-electron chi connectivity index (χ2n) is 3.18. The van der Waals surface area contributed by atoms with Crippen molar-refractivity contribution in [3.8, 4) is 6.07 Å². The third-order valence-corrected chi connectivity index (χ3v) is 2.99. The maximum Gasteiger partial charge on any atom is 0.238 e. The number of nitrogens with zero attached hydrogens (tertiary/aromatic N) is 1. The third-order valence-electron chi connectivity index (χ3n) is 2.05. The van der Waals surface area contributed by atoms with Gasteiger partial charge in [-0.2, -0.15) is 5.26 Å². The highest BCUT2D eigenvalue weighted by atomic mass is 32.2. The lowest BCUT2D eigenvalue weighted by Crippen LogP contribution is -2.42. The van der Waals surface area contributed by atoms with E-state index in [1.165, 1.54) is 0 Å². The number of hydrogen-bond acceptors (Lipinski definition) is 4. The molecule has 1 rings (SSSR count). The molecule has 0 aromatic rings. The van der Waals surface area contributed by atoms with Crippen LogP contribution in [0, 0.1) is 11.3 Å². The summed E-state index contributed by atoms with van der Waals surface area (Å²) >= 11 is 1.74. The van der Waals surface area contributed by atoms with Gasteiger partial charge in [-0.1, -0.05) is 0 Å². The van der Waals surface area contributed by atoms with Crippen LogP contribution >= 0.6 is 11.8 Å². The molecule has 1 aliphatic heterocycles. The van der Waals surface area contributed by atoms with Crippen LogP contribution in [0.2, 0.25) is 0 Å². The first kappa shape index (κ1) is 11.3. The minimum absolute atomic E-state index is 0.0176. The number of carbonyl (C=O) groups excluding carboxylic acids is 1. The second kappa shape index (κ2) is 6.68. The quantitative estimate of drug-likeness (QED) is 0.651. The molecule has 4 nitrogen and oxygen atoms in total. The fraction of sp³-hybridized carbons (Fsp3) is 0.778. The van der Waals surface area contributed by atoms with E-state index in [4.69, 9.17) is 5.26 Å². The number of rotatable bonds is 5. The zero-order chi connectivity index (χ0) is 10.2. The van der Waals surface area contributed by atoms with Crippen LogP contribution in [0.15, 0.2) is 0 Å². The number of carbonyl (C=O) groups is 1. The monoisotopic (exact) mass is 213 g/mol. The highest BCUT2D eigenvalue weighted by Gasteiger charge is 2.21. The van der Waals surface area contributed by atoms with E-state index in [-0.39, 0.29) is 11.9 Å². The molecule has 5 heteroatoms. The van der Waals surface area contributed by atoms with Gasteiger partial charge >= 0.3 is 0 Å². The molecule has 1 unspecified atom stereocenters. The number of hydrogen-bond donors (Lipinski definition) is 2. The maximum absolute atomic E-state index is 11.4. The number of thioether (sulfide) groups is 1. The highest BCUT2D eigenvalue weighted by molar-refractivity contribution is 7.99. The van der Waals surface area contributed by atoms with Gasteiger partial charge in [0.1, 0.15) is 0 Å². The summed E-state index contributed by atoms with van der Waals surface area (Å²) in [5.74, 6) is 1.82. The van der Waals surface area contributed by atoms with E-state index < -0.39 is 0 Å². The molecule has 1 aliphatic rings. The Balaban J connectivity index is 2.00. The standard InChI is InChI=1S/C9H15N3OS/c10-4-2-1-3-5-11-9(13)8-6-14-7-12-8/h8,12H,1-3,5-7H2,(H,11,13). The SMILES string of the molecule is N#CCCCCNC(=O)C1CSCN1. The summed E-state index contributed by atoms with van der Waals surface area (Å²) in [6.45, 7) is 0.684. The molecular weight excluding hydrogens is 198 g/mol. The molecule has 0 aliphatic carbocycles. The molecule has 0 aromatic heterocycles. The summed E-state index contributed by atoms with van der Waals surface area (Å²) in [7, 11) is 0. The van der Waals surface area contributed by atoms with E-state index in [9.17, 15) is 4.79 Å². The first-order valence-corrected chi connectivity index (χ1v) is 5.96. The summed E-state index contributed by atoms with van der Waals surface area (Å²) in [4.78, 5) is 11.4. The van der Waals surface area contributed by atoms with E-state index in [1.807, 2.05) is 0 Å². The van der Waals surface area contributed by atoms with Crippen molar-refractivity contribution < 1.29 is 4.79 Å². The summed E-state index contributed by atoms with van der Waals surface area (Å²) in [6, 6.07) is 2.06. The van der Waals surface area contributed by atoms with Crippen LogP contribution in [0.4, 0.5) is 0 Å². The van der Waals surface area contributed by atoms with Crippen molar-refractivity contribution in [3.05, 3.63) is 0 Å². The topological polar surface area (TPSA) is 64.9 Å². The van der Waals surface area contributed by atoms with Gasteiger partial charge in [-0.05, 0) is 12.8 Å². The van der Waals surface area contributed by atoms with Crippen LogP contribution in [-0.2, 0) is 4.79 Å². The van der Waals surface area contributed by atoms with Crippen LogP contribution in [0.3, 0.4) is 0 Å². The first-order chi connectivity index (χ1) is 6.84. The van der Waals surface area contributed by atoms with Crippen molar-refractivity contribution >= 4 is 17.7 Å². The van der Waals surface area contributed by atoms with Crippen molar-refractivity contribution in [2.75, 3.05) is 18.2 Å². The Morgan fingerprint density at radius 1 is 1.64 bits per heavy atom. The summed E-state index contributed by atoms with van der Waals surface area (Å²) in [6.07, 6.45) is 2.33. The number of nitriles is 1. The zero-order valence-corrected chi connectivity index (χ0v) is 8.90. The predicted molar refractivity (Wildman–Crippen MR) is 56.7 cm³/mol. The minimum atomic E-state index is -0.0176. The molecule has 1 fully saturated rings. The van der Waals surface area contributed by atoms with Crippen molar-refractivity contribution in [3.63, 3.8) is 0 Å². The molecule has 0 saturated carbocycles. The Morgan fingerprint density at radius 2 is 2.50 bits per heavy atom. The summed E-state index contributed by atoms with van der Waals surface area (Å²) in [5.41, 5.74) is 0. The predicted octanol–water partition coefficient (Wildman–Crippen LogP) is 0.459. The fourth-order valence-corrected chi connectivity index (χ4v) is 2.17. The highest BCUT2D eigenvalue weighted by Crippen LogP contribution is 2.09. The molecule has 14 heavy (non-hydrogen) atoms. The van der Waals surface area contributed by atoms with Crippen LogP contribution in [0.5, 0.6) is 0 Å². The van der Waals surface area contributed by atoms with E-state index in [0.29, 0.717) is 13.0 Å². The lowest BCUT2D eigenvalue weighted by atomic mass is 10.2. The Hall–Kier alpha value is -0.730. The normalized spacial score (nSPS) is 20.4. The van der Waals surface area contributed by atoms with Gasteiger partial charge < -0.3 is 5.32 Å². The van der Waals surface area contributed by atoms with Gasteiger partial charge in [0.05, 0.1) is 12.1 Å². The molecule has 0 radical (unpaired) electrons. The van der Waals surface area contributed by atoms with E-state index >= 15 is 0 Å². The van der Waals surface area contributed by atoms with Crippen LogP contribution in [0.1, 0.15) is 19.3 Å². The molecule has 1 saturated heterocycles. The second-order valence-corrected chi connectivity index (χ2v) is 4.21. The average Bonchev–Trinajstić information content (AvgIpc) is 2.70. The van der Waals surface area contributed by atoms with Crippen LogP contribution in [0.25, 0.3) is 0 Å². The largest absolute Gasteiger partial charge is 0.355 e. The minimum Gasteiger partial charge on any atom is -0.355 e. The van der Waals surface area contributed by atoms with Crippen molar-refractivity contribution in [2.45, 2.75) is 25.3 Å². The van der Waals surface area contributed by atoms with Crippen molar-refractivity contribution in [1.82, 2.24) is 10.6 Å². The molecular formula is C9H15N3OS.